The van der Waals surface area contributed by atoms with E-state index in [-0.39, 0.29) is 18.3 Å². The van der Waals surface area contributed by atoms with E-state index in [0.717, 1.165) is 16.0 Å². The number of aliphatic imine (C=N–C) groups is 1. The Morgan fingerprint density at radius 2 is 2.12 bits per heavy atom. The topological polar surface area (TPSA) is 67.8 Å². The maximum absolute atomic E-state index is 12.4. The first-order valence-corrected chi connectivity index (χ1v) is 9.06. The number of halogens is 1. The molecular weight excluding hydrogens is 360 g/mol. The molecule has 1 unspecified atom stereocenters. The first-order valence-electron chi connectivity index (χ1n) is 7.87. The molecular formula is C18H17ClN2O3S. The average Bonchev–Trinajstić information content (AvgIpc) is 2.93. The SMILES string of the molecule is CCC1N=C(c2ccccc2Cl)c2cc(CC(=O)OC)sc2NC1=O. The van der Waals surface area contributed by atoms with Gasteiger partial charge in [0.2, 0.25) is 5.91 Å². The number of methoxy groups -OCH3 is 1. The third-order valence-corrected chi connectivity index (χ3v) is 5.30. The molecule has 5 nitrogen and oxygen atoms in total. The molecule has 1 aromatic heterocycles. The van der Waals surface area contributed by atoms with Crippen molar-refractivity contribution in [2.75, 3.05) is 12.4 Å². The second-order valence-corrected chi connectivity index (χ2v) is 7.12. The smallest absolute Gasteiger partial charge is 0.310 e. The largest absolute Gasteiger partial charge is 0.469 e. The van der Waals surface area contributed by atoms with Gasteiger partial charge in [-0.1, -0.05) is 36.7 Å². The Balaban J connectivity index is 2.13. The predicted octanol–water partition coefficient (Wildman–Crippen LogP) is 3.69. The third kappa shape index (κ3) is 3.60. The minimum atomic E-state index is -0.477. The molecule has 0 fully saturated rings. The van der Waals surface area contributed by atoms with Gasteiger partial charge in [0, 0.05) is 21.0 Å². The number of hydrogen-bond acceptors (Lipinski definition) is 5. The first-order chi connectivity index (χ1) is 12.0. The number of ether oxygens (including phenoxy) is 1. The maximum Gasteiger partial charge on any atom is 0.310 e. The molecule has 1 aliphatic heterocycles. The van der Waals surface area contributed by atoms with Gasteiger partial charge in [-0.2, -0.15) is 0 Å². The van der Waals surface area contributed by atoms with Crippen molar-refractivity contribution in [2.45, 2.75) is 25.8 Å². The summed E-state index contributed by atoms with van der Waals surface area (Å²) in [7, 11) is 1.35. The number of amides is 1. The van der Waals surface area contributed by atoms with Gasteiger partial charge in [-0.25, -0.2) is 0 Å². The molecule has 0 saturated carbocycles. The number of benzene rings is 1. The van der Waals surface area contributed by atoms with Crippen LogP contribution in [0.15, 0.2) is 35.3 Å². The van der Waals surface area contributed by atoms with Gasteiger partial charge in [0.05, 0.1) is 19.2 Å². The molecule has 130 valence electrons. The highest BCUT2D eigenvalue weighted by molar-refractivity contribution is 7.16. The number of fused-ring (bicyclic) bond motifs is 1. The summed E-state index contributed by atoms with van der Waals surface area (Å²) in [5.74, 6) is -0.484. The number of carbonyl (C=O) groups excluding carboxylic acids is 2. The molecule has 0 saturated heterocycles. The van der Waals surface area contributed by atoms with Gasteiger partial charge < -0.3 is 10.1 Å². The molecule has 0 spiro atoms. The van der Waals surface area contributed by atoms with Crippen LogP contribution in [0, 0.1) is 0 Å². The summed E-state index contributed by atoms with van der Waals surface area (Å²) in [5.41, 5.74) is 2.21. The first kappa shape index (κ1) is 17.6. The van der Waals surface area contributed by atoms with E-state index < -0.39 is 6.04 Å². The summed E-state index contributed by atoms with van der Waals surface area (Å²) in [4.78, 5) is 29.5. The van der Waals surface area contributed by atoms with Crippen LogP contribution in [-0.4, -0.2) is 30.7 Å². The van der Waals surface area contributed by atoms with Crippen molar-refractivity contribution >= 4 is 45.5 Å². The van der Waals surface area contributed by atoms with Gasteiger partial charge in [-0.05, 0) is 18.6 Å². The van der Waals surface area contributed by atoms with E-state index in [0.29, 0.717) is 22.2 Å². The molecule has 2 heterocycles. The van der Waals surface area contributed by atoms with Crippen LogP contribution in [0.25, 0.3) is 0 Å². The van der Waals surface area contributed by atoms with E-state index in [1.165, 1.54) is 18.4 Å². The van der Waals surface area contributed by atoms with E-state index in [2.05, 4.69) is 10.3 Å². The quantitative estimate of drug-likeness (QED) is 0.827. The van der Waals surface area contributed by atoms with Gasteiger partial charge in [-0.15, -0.1) is 11.3 Å². The van der Waals surface area contributed by atoms with Gasteiger partial charge in [-0.3, -0.25) is 14.6 Å². The normalized spacial score (nSPS) is 16.5. The fraction of sp³-hybridized carbons (Fsp3) is 0.278. The predicted molar refractivity (Wildman–Crippen MR) is 99.8 cm³/mol. The van der Waals surface area contributed by atoms with Crippen LogP contribution < -0.4 is 5.32 Å². The summed E-state index contributed by atoms with van der Waals surface area (Å²) in [6.45, 7) is 1.92. The van der Waals surface area contributed by atoms with Crippen LogP contribution in [-0.2, 0) is 20.7 Å². The molecule has 2 aromatic rings. The van der Waals surface area contributed by atoms with E-state index in [1.54, 1.807) is 6.07 Å². The lowest BCUT2D eigenvalue weighted by molar-refractivity contribution is -0.139. The molecule has 1 amide bonds. The van der Waals surface area contributed by atoms with Gasteiger partial charge >= 0.3 is 5.97 Å². The zero-order valence-corrected chi connectivity index (χ0v) is 15.4. The molecule has 3 rings (SSSR count). The van der Waals surface area contributed by atoms with Crippen molar-refractivity contribution in [3.63, 3.8) is 0 Å². The van der Waals surface area contributed by atoms with Crippen LogP contribution in [0.5, 0.6) is 0 Å². The average molecular weight is 377 g/mol. The van der Waals surface area contributed by atoms with Crippen LogP contribution in [0.3, 0.4) is 0 Å². The van der Waals surface area contributed by atoms with E-state index in [1.807, 2.05) is 31.2 Å². The highest BCUT2D eigenvalue weighted by Crippen LogP contribution is 2.35. The van der Waals surface area contributed by atoms with Crippen LogP contribution in [0.1, 0.15) is 29.3 Å². The maximum atomic E-state index is 12.4. The molecule has 1 aliphatic rings. The number of esters is 1. The molecule has 1 atom stereocenters. The van der Waals surface area contributed by atoms with Crippen molar-refractivity contribution in [3.8, 4) is 0 Å². The molecule has 1 aromatic carbocycles. The molecule has 1 N–H and O–H groups in total. The summed E-state index contributed by atoms with van der Waals surface area (Å²) < 4.78 is 4.73. The number of anilines is 1. The number of carbonyl (C=O) groups is 2. The number of rotatable bonds is 4. The van der Waals surface area contributed by atoms with Gasteiger partial charge in [0.15, 0.2) is 0 Å². The number of thiophene rings is 1. The second kappa shape index (κ2) is 7.37. The summed E-state index contributed by atoms with van der Waals surface area (Å²) in [5, 5.41) is 4.17. The molecule has 0 aliphatic carbocycles. The van der Waals surface area contributed by atoms with E-state index in [9.17, 15) is 9.59 Å². The van der Waals surface area contributed by atoms with Gasteiger partial charge in [0.25, 0.3) is 0 Å². The lowest BCUT2D eigenvalue weighted by atomic mass is 10.0. The molecule has 0 bridgehead atoms. The number of hydrogen-bond donors (Lipinski definition) is 1. The van der Waals surface area contributed by atoms with Gasteiger partial charge in [0.1, 0.15) is 11.0 Å². The molecule has 25 heavy (non-hydrogen) atoms. The summed E-state index contributed by atoms with van der Waals surface area (Å²) >= 11 is 7.72. The zero-order chi connectivity index (χ0) is 18.0. The lowest BCUT2D eigenvalue weighted by Gasteiger charge is -2.09. The number of nitrogens with zero attached hydrogens (tertiary/aromatic N) is 1. The highest BCUT2D eigenvalue weighted by Gasteiger charge is 2.27. The summed E-state index contributed by atoms with van der Waals surface area (Å²) in [6.07, 6.45) is 0.737. The Labute approximate surface area is 154 Å². The third-order valence-electron chi connectivity index (χ3n) is 3.92. The van der Waals surface area contributed by atoms with Crippen molar-refractivity contribution < 1.29 is 14.3 Å². The molecule has 0 radical (unpaired) electrons. The minimum Gasteiger partial charge on any atom is -0.469 e. The Morgan fingerprint density at radius 3 is 2.80 bits per heavy atom. The monoisotopic (exact) mass is 376 g/mol. The standard InChI is InChI=1S/C18H17ClN2O3S/c1-3-14-17(23)21-18-12(8-10(25-18)9-15(22)24-2)16(20-14)11-6-4-5-7-13(11)19/h4-8,14H,3,9H2,1-2H3,(H,21,23). The van der Waals surface area contributed by atoms with E-state index >= 15 is 0 Å². The van der Waals surface area contributed by atoms with Crippen LogP contribution in [0.2, 0.25) is 5.02 Å². The minimum absolute atomic E-state index is 0.150. The Kier molecular flexibility index (Phi) is 5.20. The van der Waals surface area contributed by atoms with Crippen molar-refractivity contribution in [2.24, 2.45) is 4.99 Å². The van der Waals surface area contributed by atoms with Crippen molar-refractivity contribution in [1.29, 1.82) is 0 Å². The molecule has 7 heteroatoms. The fourth-order valence-electron chi connectivity index (χ4n) is 2.64. The second-order valence-electron chi connectivity index (χ2n) is 5.58. The van der Waals surface area contributed by atoms with E-state index in [4.69, 9.17) is 16.3 Å². The lowest BCUT2D eigenvalue weighted by Crippen LogP contribution is -2.24. The van der Waals surface area contributed by atoms with Crippen molar-refractivity contribution in [3.05, 3.63) is 51.4 Å². The van der Waals surface area contributed by atoms with Crippen LogP contribution >= 0.6 is 22.9 Å². The Bertz CT molecular complexity index is 860. The Morgan fingerprint density at radius 1 is 1.36 bits per heavy atom. The Hall–Kier alpha value is -2.18. The highest BCUT2D eigenvalue weighted by atomic mass is 35.5. The number of nitrogens with one attached hydrogen (secondary N) is 1. The van der Waals surface area contributed by atoms with Crippen LogP contribution in [0.4, 0.5) is 5.00 Å². The fourth-order valence-corrected chi connectivity index (χ4v) is 3.91. The summed E-state index contributed by atoms with van der Waals surface area (Å²) in [6, 6.07) is 8.80. The zero-order valence-electron chi connectivity index (χ0n) is 13.8. The van der Waals surface area contributed by atoms with Crippen molar-refractivity contribution in [1.82, 2.24) is 0 Å².